The predicted octanol–water partition coefficient (Wildman–Crippen LogP) is 5.24. The molecule has 3 rings (SSSR count). The Hall–Kier alpha value is -3.28. The average Bonchev–Trinajstić information content (AvgIpc) is 2.75. The topological polar surface area (TPSA) is 86.0 Å². The number of hydrogen-bond acceptors (Lipinski definition) is 5. The number of fused-ring (bicyclic) bond motifs is 1. The van der Waals surface area contributed by atoms with Crippen LogP contribution in [0.4, 0.5) is 0 Å². The first-order chi connectivity index (χ1) is 15.0. The van der Waals surface area contributed by atoms with Crippen LogP contribution in [-0.2, 0) is 12.8 Å². The SMILES string of the molecule is CCCc1ccccc1OCCCOc1cc2oc(C(=O)O)cc(=O)c2cc1CCC. The fourth-order valence-electron chi connectivity index (χ4n) is 3.48. The highest BCUT2D eigenvalue weighted by Crippen LogP contribution is 2.27. The molecule has 0 atom stereocenters. The number of ether oxygens (including phenoxy) is 2. The molecule has 1 heterocycles. The summed E-state index contributed by atoms with van der Waals surface area (Å²) < 4.78 is 17.3. The standard InChI is InChI=1S/C25H28O6/c1-3-8-17-10-5-6-11-21(17)29-12-7-13-30-22-16-23-19(14-18(22)9-4-2)20(26)15-24(31-23)25(27)28/h5-6,10-11,14-16H,3-4,7-9,12-13H2,1-2H3,(H,27,28). The molecule has 0 aliphatic heterocycles. The molecule has 2 aromatic carbocycles. The lowest BCUT2D eigenvalue weighted by Crippen LogP contribution is -2.09. The van der Waals surface area contributed by atoms with Crippen molar-refractivity contribution in [1.82, 2.24) is 0 Å². The molecule has 3 aromatic rings. The molecule has 0 radical (unpaired) electrons. The molecule has 31 heavy (non-hydrogen) atoms. The molecule has 6 heteroatoms. The van der Waals surface area contributed by atoms with Crippen LogP contribution >= 0.6 is 0 Å². The van der Waals surface area contributed by atoms with Gasteiger partial charge in [0.05, 0.1) is 18.6 Å². The van der Waals surface area contributed by atoms with E-state index in [0.717, 1.165) is 43.1 Å². The maximum atomic E-state index is 12.3. The molecule has 1 aromatic heterocycles. The first-order valence-electron chi connectivity index (χ1n) is 10.7. The van der Waals surface area contributed by atoms with Gasteiger partial charge >= 0.3 is 5.97 Å². The van der Waals surface area contributed by atoms with Gasteiger partial charge in [0.1, 0.15) is 17.1 Å². The first-order valence-corrected chi connectivity index (χ1v) is 10.7. The van der Waals surface area contributed by atoms with E-state index in [-0.39, 0.29) is 16.8 Å². The normalized spacial score (nSPS) is 10.9. The molecule has 0 saturated carbocycles. The van der Waals surface area contributed by atoms with Gasteiger partial charge in [-0.25, -0.2) is 4.79 Å². The quantitative estimate of drug-likeness (QED) is 0.424. The molecule has 0 unspecified atom stereocenters. The van der Waals surface area contributed by atoms with E-state index in [9.17, 15) is 9.59 Å². The van der Waals surface area contributed by atoms with Crippen LogP contribution in [0.15, 0.2) is 51.7 Å². The number of benzene rings is 2. The zero-order valence-electron chi connectivity index (χ0n) is 18.0. The Bertz CT molecular complexity index is 1100. The molecular weight excluding hydrogens is 396 g/mol. The second kappa shape index (κ2) is 10.7. The monoisotopic (exact) mass is 424 g/mol. The smallest absolute Gasteiger partial charge is 0.371 e. The minimum absolute atomic E-state index is 0.212. The zero-order chi connectivity index (χ0) is 22.2. The van der Waals surface area contributed by atoms with Gasteiger partial charge in [-0.05, 0) is 36.1 Å². The third-order valence-corrected chi connectivity index (χ3v) is 4.94. The van der Waals surface area contributed by atoms with Crippen LogP contribution < -0.4 is 14.9 Å². The Morgan fingerprint density at radius 3 is 2.32 bits per heavy atom. The Balaban J connectivity index is 1.69. The summed E-state index contributed by atoms with van der Waals surface area (Å²) >= 11 is 0. The van der Waals surface area contributed by atoms with Crippen LogP contribution in [-0.4, -0.2) is 24.3 Å². The first kappa shape index (κ1) is 22.4. The van der Waals surface area contributed by atoms with Crippen LogP contribution in [0.2, 0.25) is 0 Å². The minimum atomic E-state index is -1.28. The van der Waals surface area contributed by atoms with Gasteiger partial charge in [-0.1, -0.05) is 44.9 Å². The molecule has 0 amide bonds. The largest absolute Gasteiger partial charge is 0.493 e. The van der Waals surface area contributed by atoms with Crippen molar-refractivity contribution in [2.75, 3.05) is 13.2 Å². The highest BCUT2D eigenvalue weighted by molar-refractivity contribution is 5.88. The van der Waals surface area contributed by atoms with Crippen molar-refractivity contribution in [3.63, 3.8) is 0 Å². The molecular formula is C25H28O6. The van der Waals surface area contributed by atoms with Gasteiger partial charge < -0.3 is 19.0 Å². The number of carboxylic acids is 1. The van der Waals surface area contributed by atoms with Crippen molar-refractivity contribution in [3.05, 3.63) is 69.6 Å². The third-order valence-electron chi connectivity index (χ3n) is 4.94. The van der Waals surface area contributed by atoms with Crippen LogP contribution in [0.1, 0.15) is 54.8 Å². The number of para-hydroxylation sites is 1. The summed E-state index contributed by atoms with van der Waals surface area (Å²) in [5, 5.41) is 9.50. The molecule has 1 N–H and O–H groups in total. The number of aryl methyl sites for hydroxylation is 2. The van der Waals surface area contributed by atoms with Gasteiger partial charge in [0, 0.05) is 18.6 Å². The van der Waals surface area contributed by atoms with E-state index >= 15 is 0 Å². The van der Waals surface area contributed by atoms with Gasteiger partial charge in [-0.3, -0.25) is 4.79 Å². The maximum Gasteiger partial charge on any atom is 0.371 e. The molecule has 164 valence electrons. The summed E-state index contributed by atoms with van der Waals surface area (Å²) in [6.07, 6.45) is 4.35. The van der Waals surface area contributed by atoms with Crippen LogP contribution in [0.3, 0.4) is 0 Å². The van der Waals surface area contributed by atoms with Crippen molar-refractivity contribution in [2.45, 2.75) is 46.0 Å². The fourth-order valence-corrected chi connectivity index (χ4v) is 3.48. The Labute approximate surface area is 181 Å². The molecule has 0 fully saturated rings. The van der Waals surface area contributed by atoms with E-state index in [0.29, 0.717) is 30.8 Å². The summed E-state index contributed by atoms with van der Waals surface area (Å²) in [5.41, 5.74) is 1.95. The second-order valence-corrected chi connectivity index (χ2v) is 7.39. The summed E-state index contributed by atoms with van der Waals surface area (Å²) in [4.78, 5) is 23.5. The van der Waals surface area contributed by atoms with E-state index in [1.165, 1.54) is 5.56 Å². The second-order valence-electron chi connectivity index (χ2n) is 7.39. The van der Waals surface area contributed by atoms with Gasteiger partial charge in [-0.2, -0.15) is 0 Å². The van der Waals surface area contributed by atoms with Gasteiger partial charge in [0.2, 0.25) is 5.76 Å². The minimum Gasteiger partial charge on any atom is -0.493 e. The van der Waals surface area contributed by atoms with E-state index in [1.807, 2.05) is 25.1 Å². The Morgan fingerprint density at radius 2 is 1.61 bits per heavy atom. The van der Waals surface area contributed by atoms with Crippen molar-refractivity contribution in [2.24, 2.45) is 0 Å². The van der Waals surface area contributed by atoms with Gasteiger partial charge in [-0.15, -0.1) is 0 Å². The molecule has 0 aliphatic rings. The van der Waals surface area contributed by atoms with Gasteiger partial charge in [0.15, 0.2) is 5.43 Å². The number of carbonyl (C=O) groups is 1. The summed E-state index contributed by atoms with van der Waals surface area (Å²) in [6.45, 7) is 5.14. The number of rotatable bonds is 11. The number of carboxylic acid groups (broad SMARTS) is 1. The highest BCUT2D eigenvalue weighted by atomic mass is 16.5. The molecule has 0 aliphatic carbocycles. The molecule has 0 saturated heterocycles. The number of aromatic carboxylic acids is 1. The predicted molar refractivity (Wildman–Crippen MR) is 119 cm³/mol. The summed E-state index contributed by atoms with van der Waals surface area (Å²) in [7, 11) is 0. The fraction of sp³-hybridized carbons (Fsp3) is 0.360. The maximum absolute atomic E-state index is 12.3. The summed E-state index contributed by atoms with van der Waals surface area (Å²) in [6, 6.07) is 12.4. The van der Waals surface area contributed by atoms with Crippen molar-refractivity contribution >= 4 is 16.9 Å². The molecule has 6 nitrogen and oxygen atoms in total. The lowest BCUT2D eigenvalue weighted by atomic mass is 10.1. The van der Waals surface area contributed by atoms with Crippen molar-refractivity contribution < 1.29 is 23.8 Å². The van der Waals surface area contributed by atoms with Gasteiger partial charge in [0.25, 0.3) is 0 Å². The third kappa shape index (κ3) is 5.66. The Kier molecular flexibility index (Phi) is 7.70. The van der Waals surface area contributed by atoms with Crippen LogP contribution in [0.5, 0.6) is 11.5 Å². The highest BCUT2D eigenvalue weighted by Gasteiger charge is 2.14. The van der Waals surface area contributed by atoms with E-state index in [4.69, 9.17) is 19.0 Å². The lowest BCUT2D eigenvalue weighted by molar-refractivity contribution is 0.0663. The van der Waals surface area contributed by atoms with Crippen LogP contribution in [0, 0.1) is 0 Å². The molecule has 0 spiro atoms. The molecule has 0 bridgehead atoms. The zero-order valence-corrected chi connectivity index (χ0v) is 18.0. The van der Waals surface area contributed by atoms with E-state index in [1.54, 1.807) is 12.1 Å². The van der Waals surface area contributed by atoms with E-state index in [2.05, 4.69) is 13.0 Å². The van der Waals surface area contributed by atoms with Crippen molar-refractivity contribution in [3.8, 4) is 11.5 Å². The van der Waals surface area contributed by atoms with Crippen molar-refractivity contribution in [1.29, 1.82) is 0 Å². The number of hydrogen-bond donors (Lipinski definition) is 1. The average molecular weight is 424 g/mol. The Morgan fingerprint density at radius 1 is 0.935 bits per heavy atom. The van der Waals surface area contributed by atoms with Crippen LogP contribution in [0.25, 0.3) is 11.0 Å². The summed E-state index contributed by atoms with van der Waals surface area (Å²) in [5.74, 6) is -0.151. The van der Waals surface area contributed by atoms with E-state index < -0.39 is 5.97 Å². The lowest BCUT2D eigenvalue weighted by Gasteiger charge is -2.14.